The number of aliphatic imine (C=N–C) groups is 1. The minimum absolute atomic E-state index is 0.239. The quantitative estimate of drug-likeness (QED) is 0.623. The van der Waals surface area contributed by atoms with Crippen LogP contribution in [0.4, 0.5) is 4.79 Å². The Morgan fingerprint density at radius 1 is 1.22 bits per heavy atom. The van der Waals surface area contributed by atoms with Gasteiger partial charge in [0.15, 0.2) is 0 Å². The van der Waals surface area contributed by atoms with Crippen LogP contribution in [-0.2, 0) is 9.53 Å². The van der Waals surface area contributed by atoms with E-state index >= 15 is 0 Å². The molecule has 5 nitrogen and oxygen atoms in total. The Kier molecular flexibility index (Phi) is 5.55. The molecule has 5 heteroatoms. The minimum atomic E-state index is -0.552. The van der Waals surface area contributed by atoms with Crippen molar-refractivity contribution in [2.75, 3.05) is 0 Å². The number of amides is 1. The van der Waals surface area contributed by atoms with E-state index in [4.69, 9.17) is 4.74 Å². The highest BCUT2D eigenvalue weighted by molar-refractivity contribution is 5.68. The van der Waals surface area contributed by atoms with Gasteiger partial charge in [0.25, 0.3) is 0 Å². The molecule has 0 bridgehead atoms. The number of ether oxygens (including phenoxy) is 1. The molecule has 0 radical (unpaired) electrons. The van der Waals surface area contributed by atoms with Crippen LogP contribution in [0.2, 0.25) is 0 Å². The molecule has 0 spiro atoms. The molecule has 0 aromatic carbocycles. The highest BCUT2D eigenvalue weighted by atomic mass is 16.6. The molecule has 2 unspecified atom stereocenters. The predicted octanol–water partition coefficient (Wildman–Crippen LogP) is 2.65. The molecular formula is C13H24N2O3. The first-order valence-electron chi connectivity index (χ1n) is 6.04. The summed E-state index contributed by atoms with van der Waals surface area (Å²) in [5.41, 5.74) is -0.791. The van der Waals surface area contributed by atoms with Crippen molar-refractivity contribution in [1.29, 1.82) is 0 Å². The topological polar surface area (TPSA) is 67.8 Å². The summed E-state index contributed by atoms with van der Waals surface area (Å²) in [6.07, 6.45) is 1.02. The second-order valence-corrected chi connectivity index (χ2v) is 6.45. The number of alkyl carbamates (subject to hydrolysis) is 1. The molecular weight excluding hydrogens is 232 g/mol. The third kappa shape index (κ3) is 6.40. The van der Waals surface area contributed by atoms with E-state index in [1.165, 1.54) is 6.08 Å². The van der Waals surface area contributed by atoms with Crippen LogP contribution in [-0.4, -0.2) is 29.9 Å². The highest BCUT2D eigenvalue weighted by Gasteiger charge is 2.32. The van der Waals surface area contributed by atoms with E-state index < -0.39 is 11.7 Å². The molecule has 104 valence electrons. The maximum absolute atomic E-state index is 11.8. The molecule has 0 saturated carbocycles. The van der Waals surface area contributed by atoms with E-state index in [0.717, 1.165) is 0 Å². The van der Waals surface area contributed by atoms with Gasteiger partial charge >= 0.3 is 6.09 Å². The molecule has 18 heavy (non-hydrogen) atoms. The standard InChI is InChI=1S/C13H24N2O3/c1-9(14-8-16)10(12(2,3)4)15-11(17)18-13(5,6)7/h9-10H,1-7H3,(H,15,17). The average molecular weight is 256 g/mol. The number of nitrogens with one attached hydrogen (secondary N) is 1. The summed E-state index contributed by atoms with van der Waals surface area (Å²) in [5.74, 6) is 0. The normalized spacial score (nSPS) is 15.3. The molecule has 0 aromatic heterocycles. The molecule has 0 heterocycles. The molecule has 0 aliphatic carbocycles. The Bertz CT molecular complexity index is 333. The summed E-state index contributed by atoms with van der Waals surface area (Å²) in [6, 6.07) is -0.649. The SMILES string of the molecule is CC(N=C=O)C(NC(=O)OC(C)(C)C)C(C)(C)C. The molecule has 0 rings (SSSR count). The fourth-order valence-corrected chi connectivity index (χ4v) is 1.65. The highest BCUT2D eigenvalue weighted by Crippen LogP contribution is 2.23. The van der Waals surface area contributed by atoms with Gasteiger partial charge in [0, 0.05) is 0 Å². The van der Waals surface area contributed by atoms with Crippen LogP contribution in [0.25, 0.3) is 0 Å². The minimum Gasteiger partial charge on any atom is -0.444 e. The van der Waals surface area contributed by atoms with Crippen LogP contribution in [0.15, 0.2) is 4.99 Å². The zero-order chi connectivity index (χ0) is 14.6. The first-order valence-corrected chi connectivity index (χ1v) is 6.04. The summed E-state index contributed by atoms with van der Waals surface area (Å²) in [6.45, 7) is 13.0. The number of carbonyl (C=O) groups excluding carboxylic acids is 2. The average Bonchev–Trinajstić information content (AvgIpc) is 2.09. The monoisotopic (exact) mass is 256 g/mol. The van der Waals surface area contributed by atoms with Gasteiger partial charge in [-0.05, 0) is 33.1 Å². The van der Waals surface area contributed by atoms with Gasteiger partial charge in [0.2, 0.25) is 6.08 Å². The van der Waals surface area contributed by atoms with Crippen molar-refractivity contribution in [3.8, 4) is 0 Å². The maximum Gasteiger partial charge on any atom is 0.407 e. The number of nitrogens with zero attached hydrogens (tertiary/aromatic N) is 1. The first-order chi connectivity index (χ1) is 7.97. The summed E-state index contributed by atoms with van der Waals surface area (Å²) in [5, 5.41) is 2.76. The van der Waals surface area contributed by atoms with Gasteiger partial charge < -0.3 is 10.1 Å². The number of rotatable bonds is 3. The van der Waals surface area contributed by atoms with Crippen molar-refractivity contribution in [3.63, 3.8) is 0 Å². The van der Waals surface area contributed by atoms with Crippen molar-refractivity contribution >= 4 is 12.2 Å². The molecule has 1 N–H and O–H groups in total. The van der Waals surface area contributed by atoms with Gasteiger partial charge in [-0.2, -0.15) is 0 Å². The summed E-state index contributed by atoms with van der Waals surface area (Å²) < 4.78 is 5.20. The van der Waals surface area contributed by atoms with Gasteiger partial charge in [-0.15, -0.1) is 0 Å². The lowest BCUT2D eigenvalue weighted by molar-refractivity contribution is 0.0452. The molecule has 0 aliphatic heterocycles. The lowest BCUT2D eigenvalue weighted by Crippen LogP contribution is -2.50. The Balaban J connectivity index is 4.82. The van der Waals surface area contributed by atoms with E-state index in [-0.39, 0.29) is 17.5 Å². The van der Waals surface area contributed by atoms with E-state index in [1.807, 2.05) is 20.8 Å². The Morgan fingerprint density at radius 2 is 1.72 bits per heavy atom. The van der Waals surface area contributed by atoms with Crippen molar-refractivity contribution in [1.82, 2.24) is 5.32 Å². The molecule has 2 atom stereocenters. The summed E-state index contributed by atoms with van der Waals surface area (Å²) >= 11 is 0. The van der Waals surface area contributed by atoms with Crippen molar-refractivity contribution in [2.45, 2.75) is 66.2 Å². The van der Waals surface area contributed by atoms with Crippen molar-refractivity contribution < 1.29 is 14.3 Å². The van der Waals surface area contributed by atoms with Crippen molar-refractivity contribution in [3.05, 3.63) is 0 Å². The van der Waals surface area contributed by atoms with E-state index in [2.05, 4.69) is 10.3 Å². The molecule has 0 aliphatic rings. The fraction of sp³-hybridized carbons (Fsp3) is 0.846. The summed E-state index contributed by atoms with van der Waals surface area (Å²) in [7, 11) is 0. The van der Waals surface area contributed by atoms with Crippen LogP contribution in [0.5, 0.6) is 0 Å². The maximum atomic E-state index is 11.8. The smallest absolute Gasteiger partial charge is 0.407 e. The van der Waals surface area contributed by atoms with Crippen LogP contribution >= 0.6 is 0 Å². The molecule has 1 amide bonds. The Labute approximate surface area is 109 Å². The Hall–Kier alpha value is -1.35. The third-order valence-corrected chi connectivity index (χ3v) is 2.34. The zero-order valence-electron chi connectivity index (χ0n) is 12.3. The van der Waals surface area contributed by atoms with Crippen LogP contribution < -0.4 is 5.32 Å². The van der Waals surface area contributed by atoms with E-state index in [9.17, 15) is 9.59 Å². The fourth-order valence-electron chi connectivity index (χ4n) is 1.65. The van der Waals surface area contributed by atoms with E-state index in [1.54, 1.807) is 27.7 Å². The largest absolute Gasteiger partial charge is 0.444 e. The van der Waals surface area contributed by atoms with Crippen molar-refractivity contribution in [2.24, 2.45) is 10.4 Å². The Morgan fingerprint density at radius 3 is 2.06 bits per heavy atom. The number of carbonyl (C=O) groups is 1. The van der Waals surface area contributed by atoms with Gasteiger partial charge in [0.05, 0.1) is 12.1 Å². The van der Waals surface area contributed by atoms with Crippen LogP contribution in [0.1, 0.15) is 48.5 Å². The predicted molar refractivity (Wildman–Crippen MR) is 70.2 cm³/mol. The lowest BCUT2D eigenvalue weighted by Gasteiger charge is -2.34. The second kappa shape index (κ2) is 6.01. The second-order valence-electron chi connectivity index (χ2n) is 6.45. The van der Waals surface area contributed by atoms with Gasteiger partial charge in [-0.3, -0.25) is 0 Å². The lowest BCUT2D eigenvalue weighted by atomic mass is 9.83. The molecule has 0 saturated heterocycles. The third-order valence-electron chi connectivity index (χ3n) is 2.34. The number of hydrogen-bond acceptors (Lipinski definition) is 4. The molecule has 0 fully saturated rings. The van der Waals surface area contributed by atoms with Gasteiger partial charge in [0.1, 0.15) is 5.60 Å². The van der Waals surface area contributed by atoms with E-state index in [0.29, 0.717) is 0 Å². The van der Waals surface area contributed by atoms with Gasteiger partial charge in [-0.1, -0.05) is 20.8 Å². The number of hydrogen-bond donors (Lipinski definition) is 1. The number of isocyanates is 1. The zero-order valence-corrected chi connectivity index (χ0v) is 12.3. The van der Waals surface area contributed by atoms with Crippen LogP contribution in [0.3, 0.4) is 0 Å². The summed E-state index contributed by atoms with van der Waals surface area (Å²) in [4.78, 5) is 25.7. The molecule has 0 aromatic rings. The first kappa shape index (κ1) is 16.6. The van der Waals surface area contributed by atoms with Gasteiger partial charge in [-0.25, -0.2) is 14.6 Å². The van der Waals surface area contributed by atoms with Crippen LogP contribution in [0, 0.1) is 5.41 Å².